The van der Waals surface area contributed by atoms with E-state index in [0.717, 1.165) is 12.8 Å². The molecule has 0 aromatic heterocycles. The van der Waals surface area contributed by atoms with Crippen LogP contribution in [0.2, 0.25) is 0 Å². The molecule has 0 saturated heterocycles. The van der Waals surface area contributed by atoms with E-state index in [0.29, 0.717) is 13.0 Å². The van der Waals surface area contributed by atoms with E-state index in [9.17, 15) is 8.42 Å². The topological polar surface area (TPSA) is 82.0 Å². The van der Waals surface area contributed by atoms with Crippen molar-refractivity contribution in [3.05, 3.63) is 0 Å². The largest absolute Gasteiger partial charge is 0.278 e. The zero-order chi connectivity index (χ0) is 11.0. The van der Waals surface area contributed by atoms with Gasteiger partial charge < -0.3 is 0 Å². The Morgan fingerprint density at radius 2 is 2.00 bits per heavy atom. The Morgan fingerprint density at radius 1 is 1.36 bits per heavy atom. The molecule has 0 aromatic carbocycles. The van der Waals surface area contributed by atoms with Crippen LogP contribution < -0.4 is 9.44 Å². The van der Waals surface area contributed by atoms with Gasteiger partial charge in [-0.15, -0.1) is 0 Å². The van der Waals surface area contributed by atoms with Crippen molar-refractivity contribution in [3.8, 4) is 6.07 Å². The summed E-state index contributed by atoms with van der Waals surface area (Å²) in [7, 11) is -3.50. The Bertz CT molecular complexity index is 281. The van der Waals surface area contributed by atoms with Gasteiger partial charge in [-0.05, 0) is 12.8 Å². The van der Waals surface area contributed by atoms with Crippen molar-refractivity contribution in [2.24, 2.45) is 0 Å². The van der Waals surface area contributed by atoms with Crippen molar-refractivity contribution < 1.29 is 8.42 Å². The van der Waals surface area contributed by atoms with E-state index in [1.165, 1.54) is 0 Å². The molecule has 5 nitrogen and oxygen atoms in total. The first-order valence-corrected chi connectivity index (χ1v) is 6.20. The minimum atomic E-state index is -3.50. The molecule has 0 spiro atoms. The van der Waals surface area contributed by atoms with Gasteiger partial charge in [-0.1, -0.05) is 20.3 Å². The second-order valence-corrected chi connectivity index (χ2v) is 4.52. The van der Waals surface area contributed by atoms with E-state index in [4.69, 9.17) is 5.26 Å². The SMILES string of the molecule is CCCNS(=O)(=O)NC(C#N)CCC. The maximum absolute atomic E-state index is 11.3. The third-order valence-corrected chi connectivity index (χ3v) is 2.75. The first kappa shape index (κ1) is 13.4. The fourth-order valence-corrected chi connectivity index (χ4v) is 2.01. The molecule has 0 rings (SSSR count). The van der Waals surface area contributed by atoms with Crippen LogP contribution in [0.3, 0.4) is 0 Å². The summed E-state index contributed by atoms with van der Waals surface area (Å²) in [5.41, 5.74) is 0. The van der Waals surface area contributed by atoms with Crippen LogP contribution >= 0.6 is 0 Å². The van der Waals surface area contributed by atoms with Gasteiger partial charge in [0.25, 0.3) is 10.2 Å². The molecule has 0 fully saturated rings. The van der Waals surface area contributed by atoms with E-state index in [-0.39, 0.29) is 0 Å². The van der Waals surface area contributed by atoms with E-state index in [2.05, 4.69) is 9.44 Å². The number of nitrogens with one attached hydrogen (secondary N) is 2. The number of nitrogens with zero attached hydrogens (tertiary/aromatic N) is 1. The van der Waals surface area contributed by atoms with Crippen LogP contribution in [0.1, 0.15) is 33.1 Å². The minimum absolute atomic E-state index is 0.388. The Kier molecular flexibility index (Phi) is 6.45. The predicted molar refractivity (Wildman–Crippen MR) is 54.7 cm³/mol. The van der Waals surface area contributed by atoms with Gasteiger partial charge in [-0.2, -0.15) is 18.4 Å². The van der Waals surface area contributed by atoms with Gasteiger partial charge in [0.15, 0.2) is 0 Å². The molecular weight excluding hydrogens is 202 g/mol. The second kappa shape index (κ2) is 6.76. The summed E-state index contributed by atoms with van der Waals surface area (Å²) >= 11 is 0. The molecule has 1 atom stereocenters. The fourth-order valence-electron chi connectivity index (χ4n) is 0.904. The highest BCUT2D eigenvalue weighted by Crippen LogP contribution is 1.96. The normalized spacial score (nSPS) is 13.5. The van der Waals surface area contributed by atoms with Crippen molar-refractivity contribution in [2.75, 3.05) is 6.54 Å². The monoisotopic (exact) mass is 219 g/mol. The lowest BCUT2D eigenvalue weighted by Crippen LogP contribution is -2.42. The van der Waals surface area contributed by atoms with E-state index in [1.807, 2.05) is 19.9 Å². The summed E-state index contributed by atoms with van der Waals surface area (Å²) in [6.45, 7) is 4.16. The highest BCUT2D eigenvalue weighted by molar-refractivity contribution is 7.87. The lowest BCUT2D eigenvalue weighted by Gasteiger charge is -2.11. The van der Waals surface area contributed by atoms with Gasteiger partial charge in [0, 0.05) is 6.54 Å². The molecule has 1 unspecified atom stereocenters. The second-order valence-electron chi connectivity index (χ2n) is 2.99. The van der Waals surface area contributed by atoms with E-state index < -0.39 is 16.3 Å². The van der Waals surface area contributed by atoms with Crippen LogP contribution in [0.25, 0.3) is 0 Å². The Morgan fingerprint density at radius 3 is 2.43 bits per heavy atom. The van der Waals surface area contributed by atoms with Crippen LogP contribution in [-0.4, -0.2) is 21.0 Å². The zero-order valence-electron chi connectivity index (χ0n) is 8.58. The van der Waals surface area contributed by atoms with Gasteiger partial charge in [0.1, 0.15) is 6.04 Å². The lowest BCUT2D eigenvalue weighted by molar-refractivity contribution is 0.548. The maximum atomic E-state index is 11.3. The van der Waals surface area contributed by atoms with E-state index in [1.54, 1.807) is 0 Å². The van der Waals surface area contributed by atoms with Crippen molar-refractivity contribution in [1.82, 2.24) is 9.44 Å². The summed E-state index contributed by atoms with van der Waals surface area (Å²) < 4.78 is 27.1. The Balaban J connectivity index is 4.13. The first-order valence-electron chi connectivity index (χ1n) is 4.72. The number of hydrogen-bond acceptors (Lipinski definition) is 3. The average Bonchev–Trinajstić information content (AvgIpc) is 2.14. The Hall–Kier alpha value is -0.640. The lowest BCUT2D eigenvalue weighted by atomic mass is 10.2. The molecule has 0 heterocycles. The van der Waals surface area contributed by atoms with Crippen molar-refractivity contribution >= 4 is 10.2 Å². The van der Waals surface area contributed by atoms with Crippen LogP contribution in [-0.2, 0) is 10.2 Å². The molecule has 0 aliphatic heterocycles. The highest BCUT2D eigenvalue weighted by atomic mass is 32.2. The van der Waals surface area contributed by atoms with Crippen LogP contribution in [0, 0.1) is 11.3 Å². The average molecular weight is 219 g/mol. The maximum Gasteiger partial charge on any atom is 0.278 e. The molecule has 0 aliphatic rings. The Labute approximate surface area is 85.7 Å². The molecule has 0 aromatic rings. The summed E-state index contributed by atoms with van der Waals surface area (Å²) in [5, 5.41) is 8.64. The smallest absolute Gasteiger partial charge is 0.202 e. The minimum Gasteiger partial charge on any atom is -0.202 e. The summed E-state index contributed by atoms with van der Waals surface area (Å²) in [6, 6.07) is 1.28. The van der Waals surface area contributed by atoms with Crippen molar-refractivity contribution in [2.45, 2.75) is 39.2 Å². The number of hydrogen-bond donors (Lipinski definition) is 2. The predicted octanol–water partition coefficient (Wildman–Crippen LogP) is 0.513. The molecule has 82 valence electrons. The van der Waals surface area contributed by atoms with Crippen molar-refractivity contribution in [1.29, 1.82) is 5.26 Å². The van der Waals surface area contributed by atoms with E-state index >= 15 is 0 Å². The molecule has 0 amide bonds. The quantitative estimate of drug-likeness (QED) is 0.654. The molecule has 0 radical (unpaired) electrons. The third kappa shape index (κ3) is 5.91. The number of nitriles is 1. The molecule has 0 aliphatic carbocycles. The van der Waals surface area contributed by atoms with Gasteiger partial charge in [-0.25, -0.2) is 4.72 Å². The van der Waals surface area contributed by atoms with Crippen LogP contribution in [0.4, 0.5) is 0 Å². The molecule has 14 heavy (non-hydrogen) atoms. The summed E-state index contributed by atoms with van der Waals surface area (Å²) in [6.07, 6.45) is 2.03. The number of rotatable bonds is 7. The third-order valence-electron chi connectivity index (χ3n) is 1.57. The van der Waals surface area contributed by atoms with Gasteiger partial charge >= 0.3 is 0 Å². The van der Waals surface area contributed by atoms with Crippen LogP contribution in [0.15, 0.2) is 0 Å². The molecule has 0 saturated carbocycles. The summed E-state index contributed by atoms with van der Waals surface area (Å²) in [4.78, 5) is 0. The van der Waals surface area contributed by atoms with Gasteiger partial charge in [0.05, 0.1) is 6.07 Å². The van der Waals surface area contributed by atoms with Gasteiger partial charge in [0.2, 0.25) is 0 Å². The van der Waals surface area contributed by atoms with Crippen LogP contribution in [0.5, 0.6) is 0 Å². The highest BCUT2D eigenvalue weighted by Gasteiger charge is 2.15. The molecule has 6 heteroatoms. The fraction of sp³-hybridized carbons (Fsp3) is 0.875. The molecule has 0 bridgehead atoms. The van der Waals surface area contributed by atoms with Crippen molar-refractivity contribution in [3.63, 3.8) is 0 Å². The van der Waals surface area contributed by atoms with Gasteiger partial charge in [-0.3, -0.25) is 0 Å². The first-order chi connectivity index (χ1) is 6.55. The zero-order valence-corrected chi connectivity index (χ0v) is 9.39. The molecule has 2 N–H and O–H groups in total. The standard InChI is InChI=1S/C8H17N3O2S/c1-3-5-8(7-9)11-14(12,13)10-6-4-2/h8,10-11H,3-6H2,1-2H3. The molecular formula is C8H17N3O2S. The summed E-state index contributed by atoms with van der Waals surface area (Å²) in [5.74, 6) is 0.